The molecule has 0 unspecified atom stereocenters. The summed E-state index contributed by atoms with van der Waals surface area (Å²) in [6.45, 7) is 3.44. The predicted molar refractivity (Wildman–Crippen MR) is 81.3 cm³/mol. The van der Waals surface area contributed by atoms with E-state index in [1.165, 1.54) is 0 Å². The highest BCUT2D eigenvalue weighted by Crippen LogP contribution is 2.35. The minimum atomic E-state index is -0.190. The van der Waals surface area contributed by atoms with Gasteiger partial charge < -0.3 is 9.26 Å². The van der Waals surface area contributed by atoms with E-state index in [4.69, 9.17) is 9.26 Å². The number of aromatic nitrogens is 5. The Morgan fingerprint density at radius 2 is 2.26 bits per heavy atom. The Hall–Kier alpha value is -2.54. The highest BCUT2D eigenvalue weighted by atomic mass is 16.5. The molecule has 4 heterocycles. The molecule has 4 rings (SSSR count). The highest BCUT2D eigenvalue weighted by Gasteiger charge is 2.34. The fourth-order valence-corrected chi connectivity index (χ4v) is 2.91. The lowest BCUT2D eigenvalue weighted by molar-refractivity contribution is 0.0578. The molecule has 23 heavy (non-hydrogen) atoms. The van der Waals surface area contributed by atoms with Crippen molar-refractivity contribution in [2.75, 3.05) is 6.61 Å². The van der Waals surface area contributed by atoms with Crippen LogP contribution in [0.2, 0.25) is 0 Å². The summed E-state index contributed by atoms with van der Waals surface area (Å²) in [5.74, 6) is 1.29. The highest BCUT2D eigenvalue weighted by molar-refractivity contribution is 5.53. The average Bonchev–Trinajstić information content (AvgIpc) is 3.28. The quantitative estimate of drug-likeness (QED) is 0.736. The molecule has 0 radical (unpaired) electrons. The Bertz CT molecular complexity index is 783. The van der Waals surface area contributed by atoms with Crippen LogP contribution in [0.4, 0.5) is 0 Å². The van der Waals surface area contributed by atoms with Gasteiger partial charge in [0.2, 0.25) is 5.82 Å². The molecule has 3 aromatic heterocycles. The van der Waals surface area contributed by atoms with Crippen LogP contribution < -0.4 is 0 Å². The summed E-state index contributed by atoms with van der Waals surface area (Å²) in [5, 5.41) is 8.33. The van der Waals surface area contributed by atoms with Crippen molar-refractivity contribution < 1.29 is 9.26 Å². The van der Waals surface area contributed by atoms with Crippen LogP contribution in [0.5, 0.6) is 0 Å². The van der Waals surface area contributed by atoms with Gasteiger partial charge in [-0.25, -0.2) is 0 Å². The fourth-order valence-electron chi connectivity index (χ4n) is 2.91. The van der Waals surface area contributed by atoms with Crippen LogP contribution in [0, 0.1) is 12.8 Å². The second kappa shape index (κ2) is 5.92. The molecular weight excluding hydrogens is 294 g/mol. The first-order chi connectivity index (χ1) is 11.3. The number of ether oxygens (including phenoxy) is 1. The zero-order valence-corrected chi connectivity index (χ0v) is 12.8. The van der Waals surface area contributed by atoms with Crippen LogP contribution in [0.25, 0.3) is 11.5 Å². The third-order valence-corrected chi connectivity index (χ3v) is 4.10. The molecule has 1 aliphatic heterocycles. The van der Waals surface area contributed by atoms with Gasteiger partial charge in [0.15, 0.2) is 0 Å². The van der Waals surface area contributed by atoms with Gasteiger partial charge in [-0.15, -0.1) is 0 Å². The van der Waals surface area contributed by atoms with Crippen molar-refractivity contribution in [3.05, 3.63) is 48.2 Å². The van der Waals surface area contributed by atoms with Crippen molar-refractivity contribution >= 4 is 0 Å². The Morgan fingerprint density at radius 1 is 1.30 bits per heavy atom. The van der Waals surface area contributed by atoms with E-state index < -0.39 is 0 Å². The number of pyridine rings is 1. The van der Waals surface area contributed by atoms with Gasteiger partial charge in [0, 0.05) is 37.7 Å². The zero-order chi connectivity index (χ0) is 15.6. The largest absolute Gasteiger partial charge is 0.368 e. The molecule has 0 aromatic carbocycles. The molecule has 0 bridgehead atoms. The van der Waals surface area contributed by atoms with Crippen LogP contribution in [-0.4, -0.2) is 31.5 Å². The molecule has 3 aromatic rings. The smallest absolute Gasteiger partial charge is 0.256 e. The van der Waals surface area contributed by atoms with Gasteiger partial charge in [-0.05, 0) is 31.0 Å². The summed E-state index contributed by atoms with van der Waals surface area (Å²) in [4.78, 5) is 8.84. The molecule has 1 saturated heterocycles. The van der Waals surface area contributed by atoms with E-state index in [1.807, 2.05) is 36.0 Å². The number of rotatable bonds is 4. The van der Waals surface area contributed by atoms with Crippen LogP contribution in [0.15, 0.2) is 41.3 Å². The Kier molecular flexibility index (Phi) is 3.63. The number of hydrogen-bond acceptors (Lipinski definition) is 6. The van der Waals surface area contributed by atoms with Crippen LogP contribution in [0.1, 0.15) is 24.0 Å². The maximum Gasteiger partial charge on any atom is 0.256 e. The molecular formula is C16H17N5O2. The van der Waals surface area contributed by atoms with E-state index in [2.05, 4.69) is 20.2 Å². The average molecular weight is 311 g/mol. The summed E-state index contributed by atoms with van der Waals surface area (Å²) in [7, 11) is 0. The first-order valence-corrected chi connectivity index (χ1v) is 7.66. The molecule has 0 spiro atoms. The first-order valence-electron chi connectivity index (χ1n) is 7.66. The number of aryl methyl sites for hydroxylation is 1. The normalized spacial score (nSPS) is 20.9. The summed E-state index contributed by atoms with van der Waals surface area (Å²) < 4.78 is 13.2. The van der Waals surface area contributed by atoms with Crippen LogP contribution in [0.3, 0.4) is 0 Å². The molecule has 2 atom stereocenters. The third-order valence-electron chi connectivity index (χ3n) is 4.10. The zero-order valence-electron chi connectivity index (χ0n) is 12.8. The maximum absolute atomic E-state index is 5.82. The van der Waals surface area contributed by atoms with E-state index in [0.29, 0.717) is 18.3 Å². The summed E-state index contributed by atoms with van der Waals surface area (Å²) in [6.07, 6.45) is 6.21. The van der Waals surface area contributed by atoms with Crippen molar-refractivity contribution in [2.45, 2.75) is 26.0 Å². The summed E-state index contributed by atoms with van der Waals surface area (Å²) >= 11 is 0. The molecule has 0 saturated carbocycles. The SMILES string of the molecule is Cc1cccnc1-c1noc([C@H]2OCC[C@H]2Cn2cccn2)n1. The van der Waals surface area contributed by atoms with E-state index >= 15 is 0 Å². The van der Waals surface area contributed by atoms with Gasteiger partial charge in [0.1, 0.15) is 11.8 Å². The van der Waals surface area contributed by atoms with Crippen molar-refractivity contribution in [3.63, 3.8) is 0 Å². The maximum atomic E-state index is 5.82. The van der Waals surface area contributed by atoms with E-state index in [0.717, 1.165) is 24.2 Å². The second-order valence-electron chi connectivity index (χ2n) is 5.69. The minimum absolute atomic E-state index is 0.190. The Balaban J connectivity index is 1.57. The van der Waals surface area contributed by atoms with E-state index in [1.54, 1.807) is 12.4 Å². The predicted octanol–water partition coefficient (Wildman–Crippen LogP) is 2.41. The minimum Gasteiger partial charge on any atom is -0.368 e. The van der Waals surface area contributed by atoms with Crippen molar-refractivity contribution in [1.29, 1.82) is 0 Å². The molecule has 1 fully saturated rings. The molecule has 7 nitrogen and oxygen atoms in total. The molecule has 118 valence electrons. The topological polar surface area (TPSA) is 78.9 Å². The third kappa shape index (κ3) is 2.75. The summed E-state index contributed by atoms with van der Waals surface area (Å²) in [6, 6.07) is 5.78. The van der Waals surface area contributed by atoms with Gasteiger partial charge in [-0.1, -0.05) is 11.2 Å². The molecule has 1 aliphatic rings. The van der Waals surface area contributed by atoms with Crippen LogP contribution in [-0.2, 0) is 11.3 Å². The van der Waals surface area contributed by atoms with Gasteiger partial charge in [0.05, 0.1) is 0 Å². The molecule has 0 aliphatic carbocycles. The molecule has 0 amide bonds. The second-order valence-corrected chi connectivity index (χ2v) is 5.69. The van der Waals surface area contributed by atoms with Gasteiger partial charge >= 0.3 is 0 Å². The Morgan fingerprint density at radius 3 is 3.09 bits per heavy atom. The fraction of sp³-hybridized carbons (Fsp3) is 0.375. The lowest BCUT2D eigenvalue weighted by atomic mass is 10.0. The standard InChI is InChI=1S/C16H17N5O2/c1-11-4-2-6-17-13(11)15-19-16(23-20-15)14-12(5-9-22-14)10-21-8-3-7-18-21/h2-4,6-8,12,14H,5,9-10H2,1H3/t12-,14-/m0/s1. The number of nitrogens with zero attached hydrogens (tertiary/aromatic N) is 5. The van der Waals surface area contributed by atoms with Gasteiger partial charge in [-0.2, -0.15) is 10.1 Å². The lowest BCUT2D eigenvalue weighted by Gasteiger charge is -2.14. The first kappa shape index (κ1) is 14.1. The van der Waals surface area contributed by atoms with Crippen molar-refractivity contribution in [2.24, 2.45) is 5.92 Å². The van der Waals surface area contributed by atoms with Gasteiger partial charge in [0.25, 0.3) is 5.89 Å². The van der Waals surface area contributed by atoms with E-state index in [-0.39, 0.29) is 12.0 Å². The van der Waals surface area contributed by atoms with E-state index in [9.17, 15) is 0 Å². The molecule has 0 N–H and O–H groups in total. The number of hydrogen-bond donors (Lipinski definition) is 0. The van der Waals surface area contributed by atoms with Crippen molar-refractivity contribution in [1.82, 2.24) is 24.9 Å². The monoisotopic (exact) mass is 311 g/mol. The Labute approximate surface area is 133 Å². The molecule has 7 heteroatoms. The van der Waals surface area contributed by atoms with Gasteiger partial charge in [-0.3, -0.25) is 9.67 Å². The van der Waals surface area contributed by atoms with Crippen molar-refractivity contribution in [3.8, 4) is 11.5 Å². The van der Waals surface area contributed by atoms with Crippen LogP contribution >= 0.6 is 0 Å². The lowest BCUT2D eigenvalue weighted by Crippen LogP contribution is -2.15. The summed E-state index contributed by atoms with van der Waals surface area (Å²) in [5.41, 5.74) is 1.75.